The summed E-state index contributed by atoms with van der Waals surface area (Å²) >= 11 is 1.65. The van der Waals surface area contributed by atoms with Crippen LogP contribution >= 0.6 is 30.8 Å². The van der Waals surface area contributed by atoms with Gasteiger partial charge in [0.2, 0.25) is 33.3 Å². The van der Waals surface area contributed by atoms with Gasteiger partial charge in [-0.25, -0.2) is 9.36 Å². The van der Waals surface area contributed by atoms with Crippen LogP contribution in [0.5, 0.6) is 5.75 Å². The van der Waals surface area contributed by atoms with Crippen molar-refractivity contribution in [2.45, 2.75) is 153 Å². The number of rotatable bonds is 52. The van der Waals surface area contributed by atoms with E-state index in [4.69, 9.17) is 33.5 Å². The highest BCUT2D eigenvalue weighted by atomic mass is 127. The lowest BCUT2D eigenvalue weighted by atomic mass is 9.99. The molecule has 440 valence electrons. The molecule has 1 unspecified atom stereocenters. The molecule has 0 saturated carbocycles. The van der Waals surface area contributed by atoms with Gasteiger partial charge in [-0.2, -0.15) is 0 Å². The van der Waals surface area contributed by atoms with Crippen molar-refractivity contribution < 1.29 is 81.5 Å². The van der Waals surface area contributed by atoms with Crippen molar-refractivity contribution in [1.82, 2.24) is 31.9 Å². The minimum Gasteiger partial charge on any atom is -0.481 e. The molecular formula is C52H88IN6O17P. The molecule has 0 spiro atoms. The van der Waals surface area contributed by atoms with Crippen molar-refractivity contribution in [3.05, 3.63) is 29.8 Å². The van der Waals surface area contributed by atoms with E-state index >= 15 is 0 Å². The maximum Gasteiger partial charge on any atom is 0.365 e. The van der Waals surface area contributed by atoms with Crippen LogP contribution < -0.4 is 36.4 Å². The topological polar surface area (TPSA) is 333 Å². The largest absolute Gasteiger partial charge is 0.481 e. The fraction of sp³-hybridized carbons (Fsp3) is 0.731. The summed E-state index contributed by atoms with van der Waals surface area (Å²) in [6, 6.07) is 4.44. The van der Waals surface area contributed by atoms with Crippen molar-refractivity contribution in [3.63, 3.8) is 0 Å². The number of carbonyl (C=O) groups excluding carboxylic acids is 6. The van der Waals surface area contributed by atoms with E-state index in [0.717, 1.165) is 50.5 Å². The Hall–Kier alpha value is -4.30. The van der Waals surface area contributed by atoms with E-state index in [-0.39, 0.29) is 137 Å². The summed E-state index contributed by atoms with van der Waals surface area (Å²) in [5, 5.41) is 34.7. The van der Waals surface area contributed by atoms with Gasteiger partial charge >= 0.3 is 20.2 Å². The lowest BCUT2D eigenvalue weighted by Crippen LogP contribution is -2.45. The van der Waals surface area contributed by atoms with Gasteiger partial charge < -0.3 is 70.5 Å². The molecule has 0 aromatic heterocycles. The molecule has 0 heterocycles. The predicted octanol–water partition coefficient (Wildman–Crippen LogP) is 4.53. The van der Waals surface area contributed by atoms with Gasteiger partial charge in [0.25, 0.3) is 0 Å². The van der Waals surface area contributed by atoms with E-state index in [0.29, 0.717) is 38.8 Å². The molecule has 0 bridgehead atoms. The number of carboxylic acid groups (broad SMARTS) is 2. The van der Waals surface area contributed by atoms with Crippen LogP contribution in [0.3, 0.4) is 0 Å². The Morgan fingerprint density at radius 2 is 1.04 bits per heavy atom. The Morgan fingerprint density at radius 3 is 1.53 bits per heavy atom. The monoisotopic (exact) mass is 1230 g/mol. The first-order chi connectivity index (χ1) is 37.1. The summed E-state index contributed by atoms with van der Waals surface area (Å²) in [6.07, 6.45) is 17.3. The smallest absolute Gasteiger partial charge is 0.365 e. The zero-order valence-corrected chi connectivity index (χ0v) is 48.2. The average Bonchev–Trinajstić information content (AvgIpc) is 3.38. The van der Waals surface area contributed by atoms with Crippen LogP contribution in [-0.4, -0.2) is 159 Å². The summed E-state index contributed by atoms with van der Waals surface area (Å²) in [5.74, 6) is -3.72. The highest BCUT2D eigenvalue weighted by Crippen LogP contribution is 2.23. The van der Waals surface area contributed by atoms with Gasteiger partial charge in [-0.05, 0) is 56.8 Å². The molecule has 1 aromatic carbocycles. The quantitative estimate of drug-likeness (QED) is 0.0187. The lowest BCUT2D eigenvalue weighted by molar-refractivity contribution is -0.142. The zero-order valence-electron chi connectivity index (χ0n) is 45.0. The maximum atomic E-state index is 13.1. The second kappa shape index (κ2) is 47.7. The molecule has 0 aliphatic heterocycles. The van der Waals surface area contributed by atoms with Gasteiger partial charge in [-0.3, -0.25) is 33.6 Å². The Balaban J connectivity index is 2.01. The van der Waals surface area contributed by atoms with Gasteiger partial charge in [0.15, 0.2) is 0 Å². The molecule has 9 N–H and O–H groups in total. The lowest BCUT2D eigenvalue weighted by Gasteiger charge is -2.21. The fourth-order valence-electron chi connectivity index (χ4n) is 7.79. The number of unbranched alkanes of at least 4 members (excludes halogenated alkanes) is 14. The van der Waals surface area contributed by atoms with Gasteiger partial charge in [0, 0.05) is 74.5 Å². The van der Waals surface area contributed by atoms with E-state index < -0.39 is 38.2 Å². The number of hydrogen-bond acceptors (Lipinski definition) is 15. The van der Waals surface area contributed by atoms with E-state index in [1.807, 2.05) is 0 Å². The summed E-state index contributed by atoms with van der Waals surface area (Å²) in [4.78, 5) is 106. The van der Waals surface area contributed by atoms with Crippen LogP contribution in [-0.2, 0) is 68.3 Å². The summed E-state index contributed by atoms with van der Waals surface area (Å²) in [7, 11) is -1.40. The maximum absolute atomic E-state index is 13.1. The molecule has 23 nitrogen and oxygen atoms in total. The molecule has 0 radical (unpaired) electrons. The van der Waals surface area contributed by atoms with Crippen LogP contribution in [0.2, 0.25) is 0 Å². The van der Waals surface area contributed by atoms with Crippen LogP contribution in [0.15, 0.2) is 24.3 Å². The number of hydrogen-bond donors (Lipinski definition) is 9. The Bertz CT molecular complexity index is 1850. The van der Waals surface area contributed by atoms with Crippen LogP contribution in [0.1, 0.15) is 140 Å². The number of ether oxygens (including phenoxy) is 4. The minimum absolute atomic E-state index is 0.0423. The molecule has 77 heavy (non-hydrogen) atoms. The number of benzene rings is 1. The van der Waals surface area contributed by atoms with Gasteiger partial charge in [-0.15, -0.1) is 0 Å². The first-order valence-corrected chi connectivity index (χ1v) is 29.4. The third kappa shape index (κ3) is 42.3. The number of carboxylic acids is 2. The van der Waals surface area contributed by atoms with Crippen molar-refractivity contribution in [1.29, 1.82) is 0 Å². The fourth-order valence-corrected chi connectivity index (χ4v) is 8.50. The van der Waals surface area contributed by atoms with Crippen molar-refractivity contribution in [2.24, 2.45) is 5.92 Å². The molecule has 4 atom stereocenters. The number of amides is 5. The molecule has 5 amide bonds. The second-order valence-corrected chi connectivity index (χ2v) is 20.4. The first kappa shape index (κ1) is 70.7. The van der Waals surface area contributed by atoms with Crippen molar-refractivity contribution >= 4 is 76.1 Å². The normalized spacial score (nSPS) is 12.7. The molecule has 1 aromatic rings. The first-order valence-electron chi connectivity index (χ1n) is 27.1. The van der Waals surface area contributed by atoms with Gasteiger partial charge in [0.1, 0.15) is 31.0 Å². The molecule has 0 fully saturated rings. The molecule has 0 saturated heterocycles. The number of halogens is 1. The van der Waals surface area contributed by atoms with E-state index in [2.05, 4.69) is 31.9 Å². The predicted molar refractivity (Wildman–Crippen MR) is 297 cm³/mol. The SMILES string of the molecule is CNC[C@@H](CCCCNC(=O)COCCOCCNC(=O)COCCOCCNC(=O)CC[C@H](NC(=O)CCCCCCCCCCCCCCCCC(=O)O)C(=O)O)C(=O)N[C@@H](Cc1ccc(O[PH](=O)O)cc1)C(=O)I. The van der Waals surface area contributed by atoms with Crippen LogP contribution in [0, 0.1) is 5.92 Å². The molecular weight excluding hydrogens is 1140 g/mol. The van der Waals surface area contributed by atoms with E-state index in [9.17, 15) is 48.0 Å². The molecule has 1 rings (SSSR count). The van der Waals surface area contributed by atoms with E-state index in [1.54, 1.807) is 41.8 Å². The van der Waals surface area contributed by atoms with Crippen LogP contribution in [0.25, 0.3) is 0 Å². The summed E-state index contributed by atoms with van der Waals surface area (Å²) in [5.41, 5.74) is 0.739. The number of aliphatic carboxylic acids is 2. The Kier molecular flexibility index (Phi) is 43.8. The summed E-state index contributed by atoms with van der Waals surface area (Å²) < 4.78 is 37.0. The third-order valence-electron chi connectivity index (χ3n) is 12.0. The van der Waals surface area contributed by atoms with Crippen LogP contribution in [0.4, 0.5) is 0 Å². The molecule has 0 aliphatic rings. The summed E-state index contributed by atoms with van der Waals surface area (Å²) in [6.45, 7) is 1.96. The van der Waals surface area contributed by atoms with Gasteiger partial charge in [-0.1, -0.05) is 95.6 Å². The Labute approximate surface area is 468 Å². The molecule has 0 aliphatic carbocycles. The highest BCUT2D eigenvalue weighted by molar-refractivity contribution is 14.1. The highest BCUT2D eigenvalue weighted by Gasteiger charge is 2.25. The number of nitrogens with one attached hydrogen (secondary N) is 6. The van der Waals surface area contributed by atoms with E-state index in [1.165, 1.54) is 50.7 Å². The zero-order chi connectivity index (χ0) is 56.7. The minimum atomic E-state index is -3.14. The average molecular weight is 1230 g/mol. The Morgan fingerprint density at radius 1 is 0.545 bits per heavy atom. The van der Waals surface area contributed by atoms with Gasteiger partial charge in [0.05, 0.1) is 45.6 Å². The second-order valence-electron chi connectivity index (χ2n) is 18.6. The number of carbonyl (C=O) groups is 8. The van der Waals surface area contributed by atoms with Crippen molar-refractivity contribution in [2.75, 3.05) is 86.1 Å². The third-order valence-corrected chi connectivity index (χ3v) is 13.1. The molecule has 25 heteroatoms. The van der Waals surface area contributed by atoms with Crippen molar-refractivity contribution in [3.8, 4) is 5.75 Å². The standard InChI is InChI=1S/C52H88IN6O17P/c1-54-37-41(51(67)59-44(50(53)66)36-40-21-23-42(24-22-40)76-77(70)71)18-16-17-27-55-47(62)38-74-34-33-73-31-29-57-48(63)39-75-35-32-72-30-28-56-45(60)26-25-43(52(68)69)58-46(61)19-14-12-10-8-6-4-2-3-5-7-9-11-13-15-20-49(64)65/h21-24,41,43-44,54,77H,2-20,25-39H2,1H3,(H,55,62)(H,56,60)(H,57,63)(H,58,61)(H,59,67)(H,64,65)(H,68,69)(H,70,71)/t41-,43+,44+/m1/s1.